The lowest BCUT2D eigenvalue weighted by Gasteiger charge is -2.12. The van der Waals surface area contributed by atoms with Crippen molar-refractivity contribution in [2.45, 2.75) is 46.2 Å². The zero-order chi connectivity index (χ0) is 10.1. The van der Waals surface area contributed by atoms with Crippen LogP contribution in [-0.2, 0) is 0 Å². The van der Waals surface area contributed by atoms with Crippen LogP contribution in [0.15, 0.2) is 4.99 Å². The molecule has 0 saturated heterocycles. The van der Waals surface area contributed by atoms with E-state index in [0.29, 0.717) is 23.5 Å². The van der Waals surface area contributed by atoms with Gasteiger partial charge in [0.2, 0.25) is 5.96 Å². The van der Waals surface area contributed by atoms with E-state index in [1.165, 1.54) is 0 Å². The molecule has 0 spiro atoms. The summed E-state index contributed by atoms with van der Waals surface area (Å²) in [7, 11) is 0. The molecule has 0 bridgehead atoms. The summed E-state index contributed by atoms with van der Waals surface area (Å²) in [5, 5.41) is 3.15. The van der Waals surface area contributed by atoms with Crippen LogP contribution in [0.2, 0.25) is 0 Å². The number of hydrazine groups is 1. The van der Waals surface area contributed by atoms with E-state index in [4.69, 9.17) is 5.84 Å². The summed E-state index contributed by atoms with van der Waals surface area (Å²) in [5.74, 6) is 6.04. The van der Waals surface area contributed by atoms with Crippen LogP contribution < -0.4 is 16.6 Å². The summed E-state index contributed by atoms with van der Waals surface area (Å²) in [6.07, 6.45) is 1.15. The van der Waals surface area contributed by atoms with E-state index >= 15 is 0 Å². The maximum Gasteiger partial charge on any atom is 0.206 e. The van der Waals surface area contributed by atoms with E-state index in [0.717, 1.165) is 6.42 Å². The number of nitrogens with one attached hydrogen (secondary N) is 2. The molecule has 0 aromatic heterocycles. The molecule has 4 nitrogen and oxygen atoms in total. The Bertz CT molecular complexity index is 208. The highest BCUT2D eigenvalue weighted by atomic mass is 15.3. The third kappa shape index (κ3) is 2.88. The number of aliphatic imine (C=N–C) groups is 1. The second kappa shape index (κ2) is 3.54. The lowest BCUT2D eigenvalue weighted by molar-refractivity contribution is 0.612. The maximum atomic E-state index is 5.34. The van der Waals surface area contributed by atoms with Crippen LogP contribution in [0.1, 0.15) is 34.1 Å². The zero-order valence-electron chi connectivity index (χ0n) is 8.89. The summed E-state index contributed by atoms with van der Waals surface area (Å²) < 4.78 is 0. The molecule has 76 valence electrons. The molecule has 1 aliphatic rings. The Morgan fingerprint density at radius 3 is 2.38 bits per heavy atom. The lowest BCUT2D eigenvalue weighted by Crippen LogP contribution is -2.44. The Labute approximate surface area is 80.0 Å². The molecule has 1 rings (SSSR count). The summed E-state index contributed by atoms with van der Waals surface area (Å²) in [6, 6.07) is 0.779. The smallest absolute Gasteiger partial charge is 0.206 e. The van der Waals surface area contributed by atoms with Gasteiger partial charge in [-0.2, -0.15) is 0 Å². The largest absolute Gasteiger partial charge is 0.353 e. The fourth-order valence-corrected chi connectivity index (χ4v) is 1.21. The molecule has 0 amide bonds. The molecular weight excluding hydrogens is 164 g/mol. The van der Waals surface area contributed by atoms with Crippen molar-refractivity contribution >= 4 is 5.96 Å². The molecular formula is C9H20N4. The topological polar surface area (TPSA) is 62.4 Å². The summed E-state index contributed by atoms with van der Waals surface area (Å²) in [6.45, 7) is 8.55. The number of guanidine groups is 1. The second-order valence-corrected chi connectivity index (χ2v) is 4.63. The fourth-order valence-electron chi connectivity index (χ4n) is 1.21. The minimum Gasteiger partial charge on any atom is -0.353 e. The normalized spacial score (nSPS) is 26.0. The molecule has 4 heteroatoms. The standard InChI is InChI=1S/C9H20N4/c1-6(2)11-8(13-10)12-7-5-9(7,3)4/h6-7H,5,10H2,1-4H3,(H2,11,12,13). The van der Waals surface area contributed by atoms with Crippen LogP contribution in [0.3, 0.4) is 0 Å². The Hall–Kier alpha value is -0.770. The number of hydrogen-bond donors (Lipinski definition) is 3. The van der Waals surface area contributed by atoms with Gasteiger partial charge in [0, 0.05) is 6.04 Å². The highest BCUT2D eigenvalue weighted by Crippen LogP contribution is 2.47. The molecule has 1 saturated carbocycles. The van der Waals surface area contributed by atoms with E-state index < -0.39 is 0 Å². The van der Waals surface area contributed by atoms with Crippen LogP contribution in [0.4, 0.5) is 0 Å². The Balaban J connectivity index is 2.47. The Morgan fingerprint density at radius 1 is 1.54 bits per heavy atom. The first-order chi connectivity index (χ1) is 5.95. The van der Waals surface area contributed by atoms with Crippen molar-refractivity contribution in [3.05, 3.63) is 0 Å². The van der Waals surface area contributed by atoms with E-state index in [1.54, 1.807) is 0 Å². The van der Waals surface area contributed by atoms with Crippen molar-refractivity contribution < 1.29 is 0 Å². The second-order valence-electron chi connectivity index (χ2n) is 4.63. The molecule has 1 fully saturated rings. The van der Waals surface area contributed by atoms with Gasteiger partial charge in [0.1, 0.15) is 0 Å². The van der Waals surface area contributed by atoms with E-state index in [2.05, 4.69) is 43.4 Å². The van der Waals surface area contributed by atoms with Gasteiger partial charge in [-0.05, 0) is 25.7 Å². The number of nitrogens with two attached hydrogens (primary N) is 1. The van der Waals surface area contributed by atoms with Crippen molar-refractivity contribution in [3.63, 3.8) is 0 Å². The summed E-state index contributed by atoms with van der Waals surface area (Å²) in [4.78, 5) is 4.47. The molecule has 1 atom stereocenters. The van der Waals surface area contributed by atoms with Crippen LogP contribution in [-0.4, -0.2) is 18.0 Å². The fraction of sp³-hybridized carbons (Fsp3) is 0.889. The van der Waals surface area contributed by atoms with Gasteiger partial charge in [-0.1, -0.05) is 13.8 Å². The first-order valence-corrected chi connectivity index (χ1v) is 4.76. The highest BCUT2D eigenvalue weighted by Gasteiger charge is 2.46. The molecule has 4 N–H and O–H groups in total. The first kappa shape index (κ1) is 10.3. The van der Waals surface area contributed by atoms with Gasteiger partial charge in [-0.3, -0.25) is 5.43 Å². The van der Waals surface area contributed by atoms with Gasteiger partial charge in [0.25, 0.3) is 0 Å². The average Bonchev–Trinajstić information content (AvgIpc) is 2.56. The van der Waals surface area contributed by atoms with Gasteiger partial charge in [-0.25, -0.2) is 10.8 Å². The molecule has 13 heavy (non-hydrogen) atoms. The SMILES string of the molecule is CC(C)NC(=NC1CC1(C)C)NN. The predicted octanol–water partition coefficient (Wildman–Crippen LogP) is 0.602. The quantitative estimate of drug-likeness (QED) is 0.255. The van der Waals surface area contributed by atoms with Crippen molar-refractivity contribution in [1.29, 1.82) is 0 Å². The highest BCUT2D eigenvalue weighted by molar-refractivity contribution is 5.79. The van der Waals surface area contributed by atoms with E-state index in [9.17, 15) is 0 Å². The molecule has 0 aromatic carbocycles. The van der Waals surface area contributed by atoms with E-state index in [1.807, 2.05) is 0 Å². The molecule has 1 aliphatic carbocycles. The van der Waals surface area contributed by atoms with Crippen LogP contribution >= 0.6 is 0 Å². The molecule has 0 aromatic rings. The van der Waals surface area contributed by atoms with Gasteiger partial charge in [0.15, 0.2) is 0 Å². The van der Waals surface area contributed by atoms with Crippen LogP contribution in [0.25, 0.3) is 0 Å². The Morgan fingerprint density at radius 2 is 2.08 bits per heavy atom. The third-order valence-electron chi connectivity index (χ3n) is 2.31. The first-order valence-electron chi connectivity index (χ1n) is 4.76. The van der Waals surface area contributed by atoms with Crippen molar-refractivity contribution in [2.75, 3.05) is 0 Å². The van der Waals surface area contributed by atoms with Gasteiger partial charge >= 0.3 is 0 Å². The third-order valence-corrected chi connectivity index (χ3v) is 2.31. The molecule has 0 heterocycles. The van der Waals surface area contributed by atoms with Crippen molar-refractivity contribution in [3.8, 4) is 0 Å². The number of rotatable bonds is 2. The van der Waals surface area contributed by atoms with Gasteiger partial charge in [-0.15, -0.1) is 0 Å². The summed E-state index contributed by atoms with van der Waals surface area (Å²) >= 11 is 0. The zero-order valence-corrected chi connectivity index (χ0v) is 8.89. The van der Waals surface area contributed by atoms with Gasteiger partial charge < -0.3 is 5.32 Å². The van der Waals surface area contributed by atoms with Gasteiger partial charge in [0.05, 0.1) is 6.04 Å². The Kier molecular flexibility index (Phi) is 2.81. The molecule has 0 radical (unpaired) electrons. The monoisotopic (exact) mass is 184 g/mol. The summed E-state index contributed by atoms with van der Waals surface area (Å²) in [5.41, 5.74) is 2.94. The predicted molar refractivity (Wildman–Crippen MR) is 55.2 cm³/mol. The lowest BCUT2D eigenvalue weighted by atomic mass is 10.2. The maximum absolute atomic E-state index is 5.34. The molecule has 1 unspecified atom stereocenters. The minimum atomic E-state index is 0.358. The number of nitrogens with zero attached hydrogens (tertiary/aromatic N) is 1. The minimum absolute atomic E-state index is 0.358. The van der Waals surface area contributed by atoms with E-state index in [-0.39, 0.29) is 0 Å². The van der Waals surface area contributed by atoms with Crippen molar-refractivity contribution in [2.24, 2.45) is 16.3 Å². The van der Waals surface area contributed by atoms with Crippen LogP contribution in [0.5, 0.6) is 0 Å². The van der Waals surface area contributed by atoms with Crippen molar-refractivity contribution in [1.82, 2.24) is 10.7 Å². The van der Waals surface area contributed by atoms with Crippen LogP contribution in [0, 0.1) is 5.41 Å². The average molecular weight is 184 g/mol. The number of hydrogen-bond acceptors (Lipinski definition) is 2. The molecule has 0 aliphatic heterocycles.